The highest BCUT2D eigenvalue weighted by atomic mass is 31.2. The van der Waals surface area contributed by atoms with Gasteiger partial charge in [0.05, 0.1) is 13.2 Å². The lowest BCUT2D eigenvalue weighted by molar-refractivity contribution is -0.147. The first-order valence-electron chi connectivity index (χ1n) is 20.3. The van der Waals surface area contributed by atoms with Gasteiger partial charge in [0.2, 0.25) is 5.91 Å². The minimum absolute atomic E-state index is 0.102. The summed E-state index contributed by atoms with van der Waals surface area (Å²) in [6.07, 6.45) is 47.3. The third-order valence-corrected chi connectivity index (χ3v) is 8.82. The van der Waals surface area contributed by atoms with E-state index in [9.17, 15) is 34.1 Å². The molecular weight excluding hydrogens is 733 g/mol. The first-order valence-corrected chi connectivity index (χ1v) is 21.8. The van der Waals surface area contributed by atoms with E-state index < -0.39 is 57.6 Å². The second kappa shape index (κ2) is 38.3. The number of rotatable bonds is 36. The van der Waals surface area contributed by atoms with Crippen molar-refractivity contribution >= 4 is 25.7 Å². The first kappa shape index (κ1) is 52.4. The van der Waals surface area contributed by atoms with Gasteiger partial charge in [0.1, 0.15) is 12.7 Å². The van der Waals surface area contributed by atoms with Crippen molar-refractivity contribution in [2.24, 2.45) is 0 Å². The Bertz CT molecular complexity index is 1310. The van der Waals surface area contributed by atoms with Crippen molar-refractivity contribution in [2.75, 3.05) is 19.8 Å². The fraction of sp³-hybridized carbons (Fsp3) is 0.568. The molecule has 12 heteroatoms. The smallest absolute Gasteiger partial charge is 0.472 e. The number of aliphatic hydroxyl groups is 1. The Morgan fingerprint density at radius 1 is 0.571 bits per heavy atom. The van der Waals surface area contributed by atoms with Gasteiger partial charge in [0.15, 0.2) is 6.04 Å². The molecule has 1 amide bonds. The number of carboxylic acid groups (broad SMARTS) is 1. The van der Waals surface area contributed by atoms with Crippen LogP contribution in [0.5, 0.6) is 0 Å². The number of carboxylic acids is 1. The molecule has 0 aromatic carbocycles. The van der Waals surface area contributed by atoms with Gasteiger partial charge in [0, 0.05) is 12.8 Å². The molecular formula is C44H70NO10P. The molecule has 0 rings (SSSR count). The topological polar surface area (TPSA) is 169 Å². The summed E-state index contributed by atoms with van der Waals surface area (Å²) in [5, 5.41) is 21.7. The van der Waals surface area contributed by atoms with Crippen molar-refractivity contribution in [3.8, 4) is 0 Å². The summed E-state index contributed by atoms with van der Waals surface area (Å²) in [4.78, 5) is 45.8. The first-order chi connectivity index (χ1) is 27.1. The molecule has 0 bridgehead atoms. The zero-order valence-electron chi connectivity index (χ0n) is 33.9. The Morgan fingerprint density at radius 3 is 1.43 bits per heavy atom. The van der Waals surface area contributed by atoms with Crippen LogP contribution in [0.4, 0.5) is 0 Å². The lowest BCUT2D eigenvalue weighted by Crippen LogP contribution is -2.43. The monoisotopic (exact) mass is 803 g/mol. The maximum absolute atomic E-state index is 12.2. The molecule has 0 aliphatic heterocycles. The van der Waals surface area contributed by atoms with Crippen molar-refractivity contribution in [3.63, 3.8) is 0 Å². The normalized spacial score (nSPS) is 14.8. The summed E-state index contributed by atoms with van der Waals surface area (Å²) in [5.74, 6) is -2.47. The third kappa shape index (κ3) is 37.3. The van der Waals surface area contributed by atoms with Crippen LogP contribution in [0.25, 0.3) is 0 Å². The number of nitrogens with one attached hydrogen (secondary N) is 1. The molecule has 0 spiro atoms. The number of hydrogen-bond acceptors (Lipinski definition) is 8. The van der Waals surface area contributed by atoms with E-state index in [2.05, 4.69) is 116 Å². The van der Waals surface area contributed by atoms with Crippen LogP contribution in [0.15, 0.2) is 97.2 Å². The fourth-order valence-corrected chi connectivity index (χ4v) is 5.54. The minimum atomic E-state index is -4.78. The van der Waals surface area contributed by atoms with E-state index in [1.165, 1.54) is 0 Å². The van der Waals surface area contributed by atoms with Gasteiger partial charge < -0.3 is 25.2 Å². The Balaban J connectivity index is 4.03. The summed E-state index contributed by atoms with van der Waals surface area (Å²) < 4.78 is 26.7. The number of amides is 1. The standard InChI is InChI=1S/C44H70NO10P/c1-3-5-7-9-11-13-15-17-18-19-20-21-22-24-26-28-30-32-34-36-43(48)53-37-40(46)38-54-56(51,52)55-39-41(44(49)50)45-42(47)35-33-31-29-27-25-23-16-14-12-10-8-6-4-2/h5-8,11-14,17-18,20-21,23-26,40-41,46H,3-4,9-10,15-16,19,22,27-39H2,1-2H3,(H,45,47)(H,49,50)(H,51,52)/b7-5-,8-6-,13-11-,14-12-,18-17-,21-20-,25-23-,26-24-. The van der Waals surface area contributed by atoms with Crippen LogP contribution in [0, 0.1) is 0 Å². The van der Waals surface area contributed by atoms with Crippen LogP contribution in [0.2, 0.25) is 0 Å². The minimum Gasteiger partial charge on any atom is -0.480 e. The summed E-state index contributed by atoms with van der Waals surface area (Å²) >= 11 is 0. The summed E-state index contributed by atoms with van der Waals surface area (Å²) in [6.45, 7) is 2.27. The highest BCUT2D eigenvalue weighted by Crippen LogP contribution is 2.43. The van der Waals surface area contributed by atoms with Crippen LogP contribution < -0.4 is 5.32 Å². The molecule has 0 saturated heterocycles. The predicted octanol–water partition coefficient (Wildman–Crippen LogP) is 10.1. The van der Waals surface area contributed by atoms with Gasteiger partial charge in [-0.25, -0.2) is 9.36 Å². The Kier molecular flexibility index (Phi) is 35.8. The number of esters is 1. The van der Waals surface area contributed by atoms with E-state index in [-0.39, 0.29) is 12.8 Å². The molecule has 316 valence electrons. The third-order valence-electron chi connectivity index (χ3n) is 7.87. The quantitative estimate of drug-likeness (QED) is 0.0207. The van der Waals surface area contributed by atoms with Crippen LogP contribution in [0.3, 0.4) is 0 Å². The number of phosphoric acid groups is 1. The Morgan fingerprint density at radius 2 is 0.982 bits per heavy atom. The fourth-order valence-electron chi connectivity index (χ4n) is 4.76. The molecule has 4 N–H and O–H groups in total. The van der Waals surface area contributed by atoms with Crippen LogP contribution in [0.1, 0.15) is 129 Å². The lowest BCUT2D eigenvalue weighted by atomic mass is 10.1. The molecule has 56 heavy (non-hydrogen) atoms. The maximum atomic E-state index is 12.2. The average molecular weight is 804 g/mol. The van der Waals surface area contributed by atoms with Crippen molar-refractivity contribution in [3.05, 3.63) is 97.2 Å². The molecule has 0 fully saturated rings. The zero-order chi connectivity index (χ0) is 41.4. The summed E-state index contributed by atoms with van der Waals surface area (Å²) in [5.41, 5.74) is 0. The van der Waals surface area contributed by atoms with E-state index in [4.69, 9.17) is 13.8 Å². The number of carbonyl (C=O) groups is 3. The van der Waals surface area contributed by atoms with E-state index >= 15 is 0 Å². The number of unbranched alkanes of at least 4 members (excludes halogenated alkanes) is 6. The van der Waals surface area contributed by atoms with Crippen molar-refractivity contribution in [1.29, 1.82) is 0 Å². The molecule has 11 nitrogen and oxygen atoms in total. The number of aliphatic carboxylic acids is 1. The highest BCUT2D eigenvalue weighted by Gasteiger charge is 2.28. The predicted molar refractivity (Wildman–Crippen MR) is 226 cm³/mol. The molecule has 3 unspecified atom stereocenters. The van der Waals surface area contributed by atoms with Crippen molar-refractivity contribution in [1.82, 2.24) is 5.32 Å². The maximum Gasteiger partial charge on any atom is 0.472 e. The van der Waals surface area contributed by atoms with E-state index in [1.54, 1.807) is 0 Å². The highest BCUT2D eigenvalue weighted by molar-refractivity contribution is 7.47. The number of aliphatic hydroxyl groups excluding tert-OH is 1. The zero-order valence-corrected chi connectivity index (χ0v) is 34.8. The number of phosphoric ester groups is 1. The molecule has 0 aromatic heterocycles. The van der Waals surface area contributed by atoms with Gasteiger partial charge >= 0.3 is 19.8 Å². The van der Waals surface area contributed by atoms with Crippen molar-refractivity contribution < 1.29 is 47.8 Å². The van der Waals surface area contributed by atoms with Crippen LogP contribution in [-0.2, 0) is 32.7 Å². The lowest BCUT2D eigenvalue weighted by Gasteiger charge is -2.18. The molecule has 3 atom stereocenters. The number of allylic oxidation sites excluding steroid dienone is 16. The molecule has 0 saturated carbocycles. The molecule has 0 heterocycles. The van der Waals surface area contributed by atoms with E-state index in [0.717, 1.165) is 89.9 Å². The molecule has 0 aliphatic rings. The largest absolute Gasteiger partial charge is 0.480 e. The van der Waals surface area contributed by atoms with Gasteiger partial charge in [-0.3, -0.25) is 18.6 Å². The van der Waals surface area contributed by atoms with Crippen LogP contribution >= 0.6 is 7.82 Å². The second-order valence-electron chi connectivity index (χ2n) is 13.1. The summed E-state index contributed by atoms with van der Waals surface area (Å²) in [6, 6.07) is -1.57. The van der Waals surface area contributed by atoms with E-state index in [1.807, 2.05) is 0 Å². The van der Waals surface area contributed by atoms with Gasteiger partial charge in [-0.2, -0.15) is 0 Å². The number of carbonyl (C=O) groups excluding carboxylic acids is 2. The van der Waals surface area contributed by atoms with Gasteiger partial charge in [-0.15, -0.1) is 0 Å². The molecule has 0 aliphatic carbocycles. The molecule has 0 aromatic rings. The number of hydrogen-bond donors (Lipinski definition) is 4. The number of ether oxygens (including phenoxy) is 1. The van der Waals surface area contributed by atoms with E-state index in [0.29, 0.717) is 12.8 Å². The van der Waals surface area contributed by atoms with Gasteiger partial charge in [0.25, 0.3) is 0 Å². The van der Waals surface area contributed by atoms with Gasteiger partial charge in [-0.1, -0.05) is 124 Å². The summed E-state index contributed by atoms with van der Waals surface area (Å²) in [7, 11) is -4.78. The van der Waals surface area contributed by atoms with Crippen molar-refractivity contribution in [2.45, 2.75) is 142 Å². The Hall–Kier alpha value is -3.60. The Labute approximate surface area is 336 Å². The average Bonchev–Trinajstić information content (AvgIpc) is 3.17. The van der Waals surface area contributed by atoms with Gasteiger partial charge in [-0.05, 0) is 89.9 Å². The SMILES string of the molecule is CC/C=C\C/C=C\C/C=C\C/C=C\C/C=C\CCCCCC(=O)OCC(O)COP(=O)(O)OCC(NC(=O)CCCCC/C=C\C/C=C\C/C=C\CC)C(=O)O. The molecule has 0 radical (unpaired) electrons. The second-order valence-corrected chi connectivity index (χ2v) is 14.5. The van der Waals surface area contributed by atoms with Crippen LogP contribution in [-0.4, -0.2) is 64.9 Å².